The highest BCUT2D eigenvalue weighted by Crippen LogP contribution is 2.36. The highest BCUT2D eigenvalue weighted by Gasteiger charge is 2.51. The lowest BCUT2D eigenvalue weighted by atomic mass is 9.94. The number of aromatic amines is 1. The lowest BCUT2D eigenvalue weighted by Crippen LogP contribution is -2.52. The molecular formula is C23H31N3O12. The summed E-state index contributed by atoms with van der Waals surface area (Å²) >= 11 is 0. The quantitative estimate of drug-likeness (QED) is 0.182. The van der Waals surface area contributed by atoms with E-state index in [0.717, 1.165) is 42.2 Å². The van der Waals surface area contributed by atoms with Gasteiger partial charge in [0, 0.05) is 18.2 Å². The summed E-state index contributed by atoms with van der Waals surface area (Å²) in [6, 6.07) is 1.01. The van der Waals surface area contributed by atoms with Crippen molar-refractivity contribution in [2.24, 2.45) is 11.7 Å². The van der Waals surface area contributed by atoms with Gasteiger partial charge in [-0.1, -0.05) is 6.42 Å². The Balaban J connectivity index is 1.52. The van der Waals surface area contributed by atoms with Crippen LogP contribution in [0, 0.1) is 5.92 Å². The highest BCUT2D eigenvalue weighted by molar-refractivity contribution is 5.86. The smallest absolute Gasteiger partial charge is 0.373 e. The standard InChI is InChI=1S/C23H31N3O12/c24-19(32)18(17-11(9-27)15(30)20(37-17)26-7-6-14(29)25-23(26)34)38-22-16(31)12(28)8-13(36-22)21(33)35-10-4-2-1-3-5-10/h6-8,10-12,15-18,20,22,27-28,30-31H,1-5,9H2,(H2,24,32)(H,25,29,34)/t11-,12-,15+,16-,17?,18+,20+,22+/m0/s1. The van der Waals surface area contributed by atoms with Gasteiger partial charge in [0.15, 0.2) is 12.3 Å². The van der Waals surface area contributed by atoms with Crippen LogP contribution in [0.2, 0.25) is 0 Å². The third-order valence-corrected chi connectivity index (χ3v) is 6.87. The number of carbonyl (C=O) groups is 2. The van der Waals surface area contributed by atoms with Crippen LogP contribution in [0.25, 0.3) is 0 Å². The van der Waals surface area contributed by atoms with Crippen molar-refractivity contribution in [1.82, 2.24) is 9.55 Å². The average Bonchev–Trinajstić information content (AvgIpc) is 3.20. The number of hydrogen-bond acceptors (Lipinski definition) is 12. The molecule has 8 atom stereocenters. The fraction of sp³-hybridized carbons (Fsp3) is 0.652. The molecule has 1 aromatic heterocycles. The van der Waals surface area contributed by atoms with Gasteiger partial charge in [-0.05, 0) is 31.8 Å². The van der Waals surface area contributed by atoms with Crippen LogP contribution in [0.5, 0.6) is 0 Å². The molecule has 0 aromatic carbocycles. The molecular weight excluding hydrogens is 510 g/mol. The molecule has 1 saturated heterocycles. The second-order valence-corrected chi connectivity index (χ2v) is 9.47. The Labute approximate surface area is 215 Å². The Morgan fingerprint density at radius 3 is 2.50 bits per heavy atom. The maximum Gasteiger partial charge on any atom is 0.373 e. The molecule has 0 bridgehead atoms. The van der Waals surface area contributed by atoms with Gasteiger partial charge in [0.2, 0.25) is 18.0 Å². The van der Waals surface area contributed by atoms with Gasteiger partial charge >= 0.3 is 11.7 Å². The molecule has 1 amide bonds. The average molecular weight is 542 g/mol. The van der Waals surface area contributed by atoms with Crippen molar-refractivity contribution in [3.05, 3.63) is 44.9 Å². The van der Waals surface area contributed by atoms with E-state index in [1.165, 1.54) is 0 Å². The van der Waals surface area contributed by atoms with Crippen molar-refractivity contribution in [1.29, 1.82) is 0 Å². The van der Waals surface area contributed by atoms with E-state index in [9.17, 15) is 39.6 Å². The number of rotatable bonds is 8. The van der Waals surface area contributed by atoms with Crippen molar-refractivity contribution in [3.8, 4) is 0 Å². The van der Waals surface area contributed by atoms with Gasteiger partial charge in [0.25, 0.3) is 5.56 Å². The molecule has 7 N–H and O–H groups in total. The van der Waals surface area contributed by atoms with E-state index < -0.39 is 84.4 Å². The Morgan fingerprint density at radius 2 is 1.87 bits per heavy atom. The van der Waals surface area contributed by atoms with Crippen LogP contribution in [-0.4, -0.2) is 91.4 Å². The molecule has 15 nitrogen and oxygen atoms in total. The predicted octanol–water partition coefficient (Wildman–Crippen LogP) is -2.89. The maximum atomic E-state index is 12.6. The topological polar surface area (TPSA) is 233 Å². The first-order valence-electron chi connectivity index (χ1n) is 12.3. The van der Waals surface area contributed by atoms with E-state index in [1.54, 1.807) is 0 Å². The summed E-state index contributed by atoms with van der Waals surface area (Å²) < 4.78 is 22.9. The summed E-state index contributed by atoms with van der Waals surface area (Å²) in [7, 11) is 0. The number of primary amides is 1. The number of aliphatic hydroxyl groups excluding tert-OH is 4. The van der Waals surface area contributed by atoms with Crippen LogP contribution in [0.3, 0.4) is 0 Å². The number of nitrogens with zero attached hydrogens (tertiary/aromatic N) is 1. The normalized spacial score (nSPS) is 32.7. The molecule has 0 spiro atoms. The van der Waals surface area contributed by atoms with E-state index in [0.29, 0.717) is 12.8 Å². The molecule has 1 aromatic rings. The van der Waals surface area contributed by atoms with Gasteiger partial charge in [-0.3, -0.25) is 19.1 Å². The molecule has 2 fully saturated rings. The highest BCUT2D eigenvalue weighted by atomic mass is 16.7. The number of nitrogens with two attached hydrogens (primary N) is 1. The second kappa shape index (κ2) is 11.8. The molecule has 0 radical (unpaired) electrons. The number of aromatic nitrogens is 2. The van der Waals surface area contributed by atoms with Crippen molar-refractivity contribution < 1.29 is 49.0 Å². The molecule has 2 aliphatic heterocycles. The molecule has 1 saturated carbocycles. The van der Waals surface area contributed by atoms with Crippen molar-refractivity contribution in [2.45, 2.75) is 81.2 Å². The zero-order chi connectivity index (χ0) is 27.6. The van der Waals surface area contributed by atoms with Crippen LogP contribution in [0.1, 0.15) is 38.3 Å². The Hall–Kier alpha value is -3.08. The Morgan fingerprint density at radius 1 is 1.16 bits per heavy atom. The Bertz CT molecular complexity index is 1160. The summed E-state index contributed by atoms with van der Waals surface area (Å²) in [4.78, 5) is 50.6. The minimum absolute atomic E-state index is 0.325. The van der Waals surface area contributed by atoms with Gasteiger partial charge in [0.1, 0.15) is 30.5 Å². The first-order chi connectivity index (χ1) is 18.1. The zero-order valence-corrected chi connectivity index (χ0v) is 20.3. The third-order valence-electron chi connectivity index (χ3n) is 6.87. The minimum atomic E-state index is -1.80. The molecule has 210 valence electrons. The number of amides is 1. The summed E-state index contributed by atoms with van der Waals surface area (Å²) in [5.41, 5.74) is 3.88. The number of esters is 1. The largest absolute Gasteiger partial charge is 0.457 e. The van der Waals surface area contributed by atoms with Crippen molar-refractivity contribution >= 4 is 11.9 Å². The number of H-pyrrole nitrogens is 1. The van der Waals surface area contributed by atoms with Gasteiger partial charge in [-0.15, -0.1) is 0 Å². The number of aliphatic hydroxyl groups is 4. The van der Waals surface area contributed by atoms with Crippen molar-refractivity contribution in [3.63, 3.8) is 0 Å². The molecule has 38 heavy (non-hydrogen) atoms. The van der Waals surface area contributed by atoms with Gasteiger partial charge in [-0.25, -0.2) is 9.59 Å². The van der Waals surface area contributed by atoms with Crippen molar-refractivity contribution in [2.75, 3.05) is 6.61 Å². The monoisotopic (exact) mass is 541 g/mol. The second-order valence-electron chi connectivity index (χ2n) is 9.47. The van der Waals surface area contributed by atoms with Crippen LogP contribution in [0.15, 0.2) is 33.7 Å². The summed E-state index contributed by atoms with van der Waals surface area (Å²) in [5, 5.41) is 41.4. The zero-order valence-electron chi connectivity index (χ0n) is 20.3. The summed E-state index contributed by atoms with van der Waals surface area (Å²) in [6.45, 7) is -0.733. The lowest BCUT2D eigenvalue weighted by Gasteiger charge is -2.35. The fourth-order valence-corrected chi connectivity index (χ4v) is 4.83. The van der Waals surface area contributed by atoms with Gasteiger partial charge in [0.05, 0.1) is 6.61 Å². The fourth-order valence-electron chi connectivity index (χ4n) is 4.83. The van der Waals surface area contributed by atoms with Crippen LogP contribution >= 0.6 is 0 Å². The number of nitrogens with one attached hydrogen (secondary N) is 1. The third kappa shape index (κ3) is 5.82. The first kappa shape index (κ1) is 27.9. The predicted molar refractivity (Wildman–Crippen MR) is 124 cm³/mol. The summed E-state index contributed by atoms with van der Waals surface area (Å²) in [5.74, 6) is -3.69. The Kier molecular flexibility index (Phi) is 8.64. The number of hydrogen-bond donors (Lipinski definition) is 6. The van der Waals surface area contributed by atoms with E-state index in [2.05, 4.69) is 0 Å². The SMILES string of the molecule is NC(=O)[C@H](O[C@H]1OC(C(=O)OC2CCCCC2)=C[C@H](O)[C@@H]1O)C1O[C@@H](n2ccc(=O)[nH]c2=O)[C@H](O)[C@@H]1CO. The van der Waals surface area contributed by atoms with E-state index in [-0.39, 0.29) is 6.10 Å². The van der Waals surface area contributed by atoms with E-state index in [4.69, 9.17) is 24.7 Å². The summed E-state index contributed by atoms with van der Waals surface area (Å²) in [6.07, 6.45) is -5.56. The van der Waals surface area contributed by atoms with Crippen LogP contribution in [0.4, 0.5) is 0 Å². The molecule has 1 unspecified atom stereocenters. The molecule has 15 heteroatoms. The minimum Gasteiger partial charge on any atom is -0.457 e. The molecule has 3 heterocycles. The van der Waals surface area contributed by atoms with Gasteiger partial charge < -0.3 is 45.1 Å². The molecule has 4 rings (SSSR count). The molecule has 3 aliphatic rings. The maximum absolute atomic E-state index is 12.6. The van der Waals surface area contributed by atoms with E-state index in [1.807, 2.05) is 4.98 Å². The first-order valence-corrected chi connectivity index (χ1v) is 12.3. The molecule has 1 aliphatic carbocycles. The van der Waals surface area contributed by atoms with Crippen LogP contribution < -0.4 is 17.0 Å². The van der Waals surface area contributed by atoms with Gasteiger partial charge in [-0.2, -0.15) is 0 Å². The van der Waals surface area contributed by atoms with Crippen LogP contribution in [-0.2, 0) is 28.5 Å². The number of ether oxygens (including phenoxy) is 4. The van der Waals surface area contributed by atoms with E-state index >= 15 is 0 Å². The lowest BCUT2D eigenvalue weighted by molar-refractivity contribution is -0.241. The number of carbonyl (C=O) groups excluding carboxylic acids is 2.